The van der Waals surface area contributed by atoms with Crippen LogP contribution in [0, 0.1) is 6.92 Å². The number of hydrogen-bond acceptors (Lipinski definition) is 3. The number of benzene rings is 1. The lowest BCUT2D eigenvalue weighted by Gasteiger charge is -2.18. The second-order valence-electron chi connectivity index (χ2n) is 5.05. The standard InChI is InChI=1S/C18H21BrF2N2O2/c1-5-6-7-13(12(3)25-18(20)21)10-23-16-11(2)15(19)9-8-14(16)17(24)22-4/h5-9,18,23H,3,10H2,1-2,4H3,(H,22,24)/b6-5-,13-7-. The molecule has 0 heterocycles. The zero-order valence-corrected chi connectivity index (χ0v) is 15.9. The number of halogens is 3. The van der Waals surface area contributed by atoms with Crippen LogP contribution in [-0.4, -0.2) is 26.1 Å². The molecule has 0 aliphatic heterocycles. The number of alkyl halides is 2. The molecule has 0 aliphatic rings. The summed E-state index contributed by atoms with van der Waals surface area (Å²) in [5, 5.41) is 5.70. The minimum Gasteiger partial charge on any atom is -0.435 e. The Balaban J connectivity index is 3.12. The van der Waals surface area contributed by atoms with Crippen molar-refractivity contribution in [1.82, 2.24) is 5.32 Å². The van der Waals surface area contributed by atoms with E-state index in [9.17, 15) is 13.6 Å². The molecule has 25 heavy (non-hydrogen) atoms. The number of anilines is 1. The SMILES string of the molecule is C=C(OC(F)F)/C(=C\C=C/C)CNc1c(C(=O)NC)ccc(Br)c1C. The summed E-state index contributed by atoms with van der Waals surface area (Å²) in [5.74, 6) is -0.380. The Hall–Kier alpha value is -2.15. The van der Waals surface area contributed by atoms with Crippen LogP contribution in [0.3, 0.4) is 0 Å². The van der Waals surface area contributed by atoms with Crippen molar-refractivity contribution in [2.75, 3.05) is 18.9 Å². The summed E-state index contributed by atoms with van der Waals surface area (Å²) in [6, 6.07) is 3.46. The summed E-state index contributed by atoms with van der Waals surface area (Å²) in [6.07, 6.45) is 5.09. The fourth-order valence-corrected chi connectivity index (χ4v) is 2.40. The normalized spacial score (nSPS) is 11.7. The molecule has 0 saturated carbocycles. The van der Waals surface area contributed by atoms with Crippen LogP contribution in [0.2, 0.25) is 0 Å². The maximum Gasteiger partial charge on any atom is 0.387 e. The van der Waals surface area contributed by atoms with Crippen LogP contribution in [0.4, 0.5) is 14.5 Å². The molecule has 1 aromatic carbocycles. The third-order valence-electron chi connectivity index (χ3n) is 3.41. The highest BCUT2D eigenvalue weighted by molar-refractivity contribution is 9.10. The van der Waals surface area contributed by atoms with Gasteiger partial charge in [-0.15, -0.1) is 0 Å². The maximum absolute atomic E-state index is 12.5. The predicted molar refractivity (Wildman–Crippen MR) is 99.9 cm³/mol. The van der Waals surface area contributed by atoms with E-state index < -0.39 is 6.61 Å². The highest BCUT2D eigenvalue weighted by Gasteiger charge is 2.16. The third-order valence-corrected chi connectivity index (χ3v) is 4.26. The highest BCUT2D eigenvalue weighted by Crippen LogP contribution is 2.28. The van der Waals surface area contributed by atoms with Crippen molar-refractivity contribution in [3.05, 3.63) is 63.9 Å². The van der Waals surface area contributed by atoms with E-state index in [1.807, 2.05) is 6.92 Å². The quantitative estimate of drug-likeness (QED) is 0.475. The van der Waals surface area contributed by atoms with Crippen LogP contribution in [-0.2, 0) is 4.74 Å². The molecule has 0 atom stereocenters. The summed E-state index contributed by atoms with van der Waals surface area (Å²) in [7, 11) is 1.54. The van der Waals surface area contributed by atoms with Gasteiger partial charge in [0.2, 0.25) is 0 Å². The number of carbonyl (C=O) groups excluding carboxylic acids is 1. The van der Waals surface area contributed by atoms with Gasteiger partial charge in [-0.05, 0) is 31.5 Å². The van der Waals surface area contributed by atoms with Gasteiger partial charge in [-0.25, -0.2) is 0 Å². The molecule has 0 spiro atoms. The summed E-state index contributed by atoms with van der Waals surface area (Å²) in [5.41, 5.74) is 2.33. The Morgan fingerprint density at radius 2 is 2.12 bits per heavy atom. The maximum atomic E-state index is 12.5. The summed E-state index contributed by atoms with van der Waals surface area (Å²) >= 11 is 3.42. The molecule has 1 amide bonds. The van der Waals surface area contributed by atoms with Crippen molar-refractivity contribution in [3.8, 4) is 0 Å². The van der Waals surface area contributed by atoms with E-state index in [2.05, 4.69) is 37.9 Å². The number of hydrogen-bond donors (Lipinski definition) is 2. The molecule has 1 aromatic rings. The molecule has 1 rings (SSSR count). The first-order valence-corrected chi connectivity index (χ1v) is 8.32. The molecule has 0 radical (unpaired) electrons. The number of carbonyl (C=O) groups is 1. The monoisotopic (exact) mass is 414 g/mol. The van der Waals surface area contributed by atoms with Crippen LogP contribution in [0.5, 0.6) is 0 Å². The van der Waals surface area contributed by atoms with E-state index in [0.717, 1.165) is 10.0 Å². The lowest BCUT2D eigenvalue weighted by atomic mass is 10.1. The molecule has 7 heteroatoms. The second kappa shape index (κ2) is 9.98. The molecule has 4 nitrogen and oxygen atoms in total. The third kappa shape index (κ3) is 6.01. The molecule has 2 N–H and O–H groups in total. The smallest absolute Gasteiger partial charge is 0.387 e. The van der Waals surface area contributed by atoms with E-state index in [4.69, 9.17) is 0 Å². The molecule has 0 unspecified atom stereocenters. The van der Waals surface area contributed by atoms with Gasteiger partial charge >= 0.3 is 6.61 Å². The molecular formula is C18H21BrF2N2O2. The van der Waals surface area contributed by atoms with Crippen molar-refractivity contribution in [1.29, 1.82) is 0 Å². The van der Waals surface area contributed by atoms with Gasteiger partial charge in [0.1, 0.15) is 5.76 Å². The first-order valence-electron chi connectivity index (χ1n) is 7.52. The molecule has 136 valence electrons. The van der Waals surface area contributed by atoms with Gasteiger partial charge in [-0.1, -0.05) is 40.7 Å². The highest BCUT2D eigenvalue weighted by atomic mass is 79.9. The Kier molecular flexibility index (Phi) is 8.34. The average Bonchev–Trinajstić information content (AvgIpc) is 2.57. The van der Waals surface area contributed by atoms with Crippen molar-refractivity contribution in [3.63, 3.8) is 0 Å². The fourth-order valence-electron chi connectivity index (χ4n) is 2.07. The van der Waals surface area contributed by atoms with Crippen molar-refractivity contribution in [2.24, 2.45) is 0 Å². The van der Waals surface area contributed by atoms with Crippen molar-refractivity contribution >= 4 is 27.5 Å². The van der Waals surface area contributed by atoms with Gasteiger partial charge in [0.25, 0.3) is 5.91 Å². The predicted octanol–water partition coefficient (Wildman–Crippen LogP) is 4.78. The largest absolute Gasteiger partial charge is 0.435 e. The zero-order chi connectivity index (χ0) is 19.0. The minimum atomic E-state index is -2.95. The van der Waals surface area contributed by atoms with Crippen LogP contribution in [0.1, 0.15) is 22.8 Å². The van der Waals surface area contributed by atoms with Crippen molar-refractivity contribution < 1.29 is 18.3 Å². The van der Waals surface area contributed by atoms with Gasteiger partial charge in [0.15, 0.2) is 0 Å². The number of nitrogens with one attached hydrogen (secondary N) is 2. The molecular weight excluding hydrogens is 394 g/mol. The minimum absolute atomic E-state index is 0.130. The first kappa shape index (κ1) is 20.9. The Bertz CT molecular complexity index is 701. The summed E-state index contributed by atoms with van der Waals surface area (Å²) in [6.45, 7) is 4.41. The molecule has 0 saturated heterocycles. The molecule has 0 aliphatic carbocycles. The number of allylic oxidation sites excluding steroid dienone is 3. The van der Waals surface area contributed by atoms with E-state index >= 15 is 0 Å². The Morgan fingerprint density at radius 3 is 2.68 bits per heavy atom. The topological polar surface area (TPSA) is 50.4 Å². The summed E-state index contributed by atoms with van der Waals surface area (Å²) in [4.78, 5) is 12.1. The van der Waals surface area contributed by atoms with Crippen LogP contribution < -0.4 is 10.6 Å². The average molecular weight is 415 g/mol. The van der Waals surface area contributed by atoms with Gasteiger partial charge in [-0.2, -0.15) is 8.78 Å². The lowest BCUT2D eigenvalue weighted by molar-refractivity contribution is -0.0928. The van der Waals surface area contributed by atoms with E-state index in [1.165, 1.54) is 0 Å². The van der Waals surface area contributed by atoms with E-state index in [1.54, 1.807) is 44.3 Å². The number of rotatable bonds is 8. The Labute approximate surface area is 154 Å². The van der Waals surface area contributed by atoms with Crippen molar-refractivity contribution in [2.45, 2.75) is 20.5 Å². The van der Waals surface area contributed by atoms with Crippen LogP contribution in [0.25, 0.3) is 0 Å². The molecule has 0 aromatic heterocycles. The molecule has 0 fully saturated rings. The van der Waals surface area contributed by atoms with Gasteiger partial charge in [0, 0.05) is 23.6 Å². The number of amides is 1. The summed E-state index contributed by atoms with van der Waals surface area (Å²) < 4.78 is 30.1. The van der Waals surface area contributed by atoms with E-state index in [0.29, 0.717) is 16.8 Å². The van der Waals surface area contributed by atoms with Crippen LogP contribution in [0.15, 0.2) is 52.7 Å². The fraction of sp³-hybridized carbons (Fsp3) is 0.278. The van der Waals surface area contributed by atoms with Crippen LogP contribution >= 0.6 is 15.9 Å². The van der Waals surface area contributed by atoms with Gasteiger partial charge in [0.05, 0.1) is 11.3 Å². The second-order valence-corrected chi connectivity index (χ2v) is 5.90. The van der Waals surface area contributed by atoms with Gasteiger partial charge < -0.3 is 15.4 Å². The zero-order valence-electron chi connectivity index (χ0n) is 14.3. The lowest BCUT2D eigenvalue weighted by Crippen LogP contribution is -2.21. The van der Waals surface area contributed by atoms with E-state index in [-0.39, 0.29) is 18.2 Å². The number of ether oxygens (including phenoxy) is 1. The van der Waals surface area contributed by atoms with Gasteiger partial charge in [-0.3, -0.25) is 4.79 Å². The molecule has 0 bridgehead atoms. The Morgan fingerprint density at radius 1 is 1.44 bits per heavy atom. The first-order chi connectivity index (χ1) is 11.8.